The summed E-state index contributed by atoms with van der Waals surface area (Å²) in [4.78, 5) is 11.8. The Hall–Kier alpha value is -1.73. The van der Waals surface area contributed by atoms with E-state index >= 15 is 0 Å². The first-order chi connectivity index (χ1) is 8.60. The molecular weight excluding hydrogens is 279 g/mol. The molecule has 94 valence electrons. The summed E-state index contributed by atoms with van der Waals surface area (Å²) >= 11 is 6.90. The van der Waals surface area contributed by atoms with Crippen LogP contribution in [0, 0.1) is 5.82 Å². The summed E-state index contributed by atoms with van der Waals surface area (Å²) < 4.78 is 12.8. The second-order valence-electron chi connectivity index (χ2n) is 3.24. The number of hydrogen-bond donors (Lipinski definition) is 2. The van der Waals surface area contributed by atoms with E-state index in [1.807, 2.05) is 0 Å². The van der Waals surface area contributed by atoms with Crippen molar-refractivity contribution >= 4 is 39.7 Å². The predicted octanol–water partition coefficient (Wildman–Crippen LogP) is 2.62. The maximum atomic E-state index is 12.8. The van der Waals surface area contributed by atoms with Crippen LogP contribution in [0.25, 0.3) is 0 Å². The lowest BCUT2D eigenvalue weighted by Gasteiger charge is -2.04. The number of rotatable bonds is 3. The zero-order valence-corrected chi connectivity index (χ0v) is 10.8. The minimum Gasteiger partial charge on any atom is -0.363 e. The van der Waals surface area contributed by atoms with Crippen molar-refractivity contribution in [1.29, 1.82) is 0 Å². The SMILES string of the molecule is CNc1nnc(C(=O)Nc2ccc(F)cc2Cl)s1. The van der Waals surface area contributed by atoms with Crippen molar-refractivity contribution in [2.45, 2.75) is 0 Å². The van der Waals surface area contributed by atoms with Crippen LogP contribution in [0.5, 0.6) is 0 Å². The second-order valence-corrected chi connectivity index (χ2v) is 4.63. The first-order valence-corrected chi connectivity index (χ1v) is 6.07. The van der Waals surface area contributed by atoms with E-state index in [0.717, 1.165) is 17.4 Å². The number of carbonyl (C=O) groups is 1. The van der Waals surface area contributed by atoms with E-state index in [1.165, 1.54) is 12.1 Å². The highest BCUT2D eigenvalue weighted by Gasteiger charge is 2.14. The first-order valence-electron chi connectivity index (χ1n) is 4.88. The van der Waals surface area contributed by atoms with Crippen LogP contribution in [0.4, 0.5) is 15.2 Å². The van der Waals surface area contributed by atoms with Crippen LogP contribution in [-0.2, 0) is 0 Å². The normalized spacial score (nSPS) is 10.2. The number of amides is 1. The van der Waals surface area contributed by atoms with E-state index in [4.69, 9.17) is 11.6 Å². The Morgan fingerprint density at radius 1 is 1.44 bits per heavy atom. The monoisotopic (exact) mass is 286 g/mol. The Bertz CT molecular complexity index is 589. The van der Waals surface area contributed by atoms with Gasteiger partial charge < -0.3 is 10.6 Å². The van der Waals surface area contributed by atoms with Gasteiger partial charge in [-0.2, -0.15) is 0 Å². The molecule has 0 aliphatic heterocycles. The standard InChI is InChI=1S/C10H8ClFN4OS/c1-13-10-16-15-9(18-10)8(17)14-7-3-2-5(12)4-6(7)11/h2-4H,1H3,(H,13,16)(H,14,17). The third kappa shape index (κ3) is 2.74. The molecule has 1 heterocycles. The van der Waals surface area contributed by atoms with E-state index in [-0.39, 0.29) is 10.0 Å². The Morgan fingerprint density at radius 3 is 2.83 bits per heavy atom. The maximum absolute atomic E-state index is 12.8. The van der Waals surface area contributed by atoms with Gasteiger partial charge in [0.2, 0.25) is 10.1 Å². The molecule has 0 atom stereocenters. The van der Waals surface area contributed by atoms with Crippen molar-refractivity contribution in [3.63, 3.8) is 0 Å². The Labute approximate surface area is 111 Å². The molecule has 2 N–H and O–H groups in total. The van der Waals surface area contributed by atoms with E-state index < -0.39 is 11.7 Å². The van der Waals surface area contributed by atoms with Crippen LogP contribution in [-0.4, -0.2) is 23.2 Å². The number of benzene rings is 1. The summed E-state index contributed by atoms with van der Waals surface area (Å²) in [5, 5.41) is 13.6. The lowest BCUT2D eigenvalue weighted by atomic mass is 10.3. The number of aromatic nitrogens is 2. The van der Waals surface area contributed by atoms with Gasteiger partial charge in [0, 0.05) is 7.05 Å². The Kier molecular flexibility index (Phi) is 3.73. The van der Waals surface area contributed by atoms with E-state index in [0.29, 0.717) is 10.8 Å². The van der Waals surface area contributed by atoms with Crippen LogP contribution in [0.1, 0.15) is 9.80 Å². The Morgan fingerprint density at radius 2 is 2.22 bits per heavy atom. The molecule has 2 aromatic rings. The highest BCUT2D eigenvalue weighted by atomic mass is 35.5. The van der Waals surface area contributed by atoms with Crippen LogP contribution in [0.15, 0.2) is 18.2 Å². The van der Waals surface area contributed by atoms with Crippen molar-refractivity contribution < 1.29 is 9.18 Å². The summed E-state index contributed by atoms with van der Waals surface area (Å²) in [5.41, 5.74) is 0.323. The fourth-order valence-electron chi connectivity index (χ4n) is 1.18. The molecule has 1 amide bonds. The molecule has 0 aliphatic carbocycles. The molecular formula is C10H8ClFN4OS. The Balaban J connectivity index is 2.16. The molecule has 0 saturated heterocycles. The zero-order chi connectivity index (χ0) is 13.1. The topological polar surface area (TPSA) is 66.9 Å². The number of carbonyl (C=O) groups excluding carboxylic acids is 1. The number of hydrogen-bond acceptors (Lipinski definition) is 5. The van der Waals surface area contributed by atoms with Crippen molar-refractivity contribution in [2.24, 2.45) is 0 Å². The van der Waals surface area contributed by atoms with Crippen molar-refractivity contribution in [2.75, 3.05) is 17.7 Å². The molecule has 5 nitrogen and oxygen atoms in total. The summed E-state index contributed by atoms with van der Waals surface area (Å²) in [6, 6.07) is 3.71. The largest absolute Gasteiger partial charge is 0.363 e. The van der Waals surface area contributed by atoms with Crippen LogP contribution in [0.2, 0.25) is 5.02 Å². The van der Waals surface area contributed by atoms with Crippen LogP contribution >= 0.6 is 22.9 Å². The van der Waals surface area contributed by atoms with Gasteiger partial charge in [0.05, 0.1) is 10.7 Å². The van der Waals surface area contributed by atoms with Gasteiger partial charge in [0.25, 0.3) is 5.91 Å². The molecule has 2 rings (SSSR count). The quantitative estimate of drug-likeness (QED) is 0.910. The fourth-order valence-corrected chi connectivity index (χ4v) is 1.99. The first kappa shape index (κ1) is 12.7. The summed E-state index contributed by atoms with van der Waals surface area (Å²) in [5.74, 6) is -0.908. The number of nitrogens with zero attached hydrogens (tertiary/aromatic N) is 2. The summed E-state index contributed by atoms with van der Waals surface area (Å²) in [7, 11) is 1.68. The second kappa shape index (κ2) is 5.28. The smallest absolute Gasteiger partial charge is 0.286 e. The molecule has 0 aliphatic rings. The molecule has 0 bridgehead atoms. The van der Waals surface area contributed by atoms with Crippen LogP contribution in [0.3, 0.4) is 0 Å². The lowest BCUT2D eigenvalue weighted by Crippen LogP contribution is -2.12. The zero-order valence-electron chi connectivity index (χ0n) is 9.20. The molecule has 18 heavy (non-hydrogen) atoms. The van der Waals surface area contributed by atoms with Gasteiger partial charge in [-0.05, 0) is 18.2 Å². The maximum Gasteiger partial charge on any atom is 0.286 e. The number of anilines is 2. The predicted molar refractivity (Wildman–Crippen MR) is 68.8 cm³/mol. The van der Waals surface area contributed by atoms with E-state index in [9.17, 15) is 9.18 Å². The molecule has 0 unspecified atom stereocenters. The van der Waals surface area contributed by atoms with Gasteiger partial charge in [0.1, 0.15) is 5.82 Å². The van der Waals surface area contributed by atoms with Gasteiger partial charge >= 0.3 is 0 Å². The number of halogens is 2. The summed E-state index contributed by atoms with van der Waals surface area (Å²) in [6.07, 6.45) is 0. The molecule has 8 heteroatoms. The van der Waals surface area contributed by atoms with Crippen molar-refractivity contribution in [1.82, 2.24) is 10.2 Å². The van der Waals surface area contributed by atoms with Gasteiger partial charge in [-0.25, -0.2) is 4.39 Å². The molecule has 0 spiro atoms. The van der Waals surface area contributed by atoms with Crippen molar-refractivity contribution in [3.05, 3.63) is 34.0 Å². The highest BCUT2D eigenvalue weighted by molar-refractivity contribution is 7.17. The molecule has 0 fully saturated rings. The third-order valence-corrected chi connectivity index (χ3v) is 3.26. The van der Waals surface area contributed by atoms with E-state index in [2.05, 4.69) is 20.8 Å². The lowest BCUT2D eigenvalue weighted by molar-refractivity contribution is 0.102. The fraction of sp³-hybridized carbons (Fsp3) is 0.100. The van der Waals surface area contributed by atoms with Gasteiger partial charge in [-0.1, -0.05) is 22.9 Å². The van der Waals surface area contributed by atoms with Crippen LogP contribution < -0.4 is 10.6 Å². The third-order valence-electron chi connectivity index (χ3n) is 2.01. The van der Waals surface area contributed by atoms with Crippen molar-refractivity contribution in [3.8, 4) is 0 Å². The number of nitrogens with one attached hydrogen (secondary N) is 2. The molecule has 1 aromatic carbocycles. The average Bonchev–Trinajstić information content (AvgIpc) is 2.81. The minimum absolute atomic E-state index is 0.127. The average molecular weight is 287 g/mol. The minimum atomic E-state index is -0.466. The van der Waals surface area contributed by atoms with E-state index in [1.54, 1.807) is 7.05 Å². The molecule has 0 radical (unpaired) electrons. The molecule has 1 aromatic heterocycles. The van der Waals surface area contributed by atoms with Gasteiger partial charge in [-0.3, -0.25) is 4.79 Å². The van der Waals surface area contributed by atoms with Gasteiger partial charge in [0.15, 0.2) is 0 Å². The highest BCUT2D eigenvalue weighted by Crippen LogP contribution is 2.23. The molecule has 0 saturated carbocycles. The van der Waals surface area contributed by atoms with Gasteiger partial charge in [-0.15, -0.1) is 10.2 Å². The summed E-state index contributed by atoms with van der Waals surface area (Å²) in [6.45, 7) is 0.